The second-order valence-electron chi connectivity index (χ2n) is 6.04. The fraction of sp³-hybridized carbons (Fsp3) is 0.316. The van der Waals surface area contributed by atoms with Crippen LogP contribution in [-0.2, 0) is 17.8 Å². The molecule has 4 nitrogen and oxygen atoms in total. The van der Waals surface area contributed by atoms with Crippen LogP contribution in [0.1, 0.15) is 18.1 Å². The molecule has 2 aromatic rings. The predicted molar refractivity (Wildman–Crippen MR) is 108 cm³/mol. The predicted octanol–water partition coefficient (Wildman–Crippen LogP) is 4.94. The van der Waals surface area contributed by atoms with E-state index >= 15 is 0 Å². The summed E-state index contributed by atoms with van der Waals surface area (Å²) < 4.78 is 5.76. The van der Waals surface area contributed by atoms with E-state index in [9.17, 15) is 4.79 Å². The van der Waals surface area contributed by atoms with Crippen LogP contribution in [-0.4, -0.2) is 35.6 Å². The molecule has 0 aromatic heterocycles. The number of halogens is 3. The standard InChI is InChI=1S/C19H21Cl2NO3.ClH/c1-13(22(2)11-19(23)24)9-14-3-6-16(7-4-14)25-12-15-5-8-17(20)18(21)10-15;/h3-8,10,13H,9,11-12H2,1-2H3,(H,23,24);1H/t13-;/m1./s1. The van der Waals surface area contributed by atoms with Crippen LogP contribution in [0.5, 0.6) is 5.75 Å². The first kappa shape index (κ1) is 22.6. The first-order valence-electron chi connectivity index (χ1n) is 7.93. The summed E-state index contributed by atoms with van der Waals surface area (Å²) in [6, 6.07) is 13.4. The van der Waals surface area contributed by atoms with Crippen molar-refractivity contribution < 1.29 is 14.6 Å². The first-order chi connectivity index (χ1) is 11.8. The largest absolute Gasteiger partial charge is 0.489 e. The second kappa shape index (κ2) is 10.6. The maximum atomic E-state index is 10.8. The van der Waals surface area contributed by atoms with Crippen LogP contribution in [0.15, 0.2) is 42.5 Å². The zero-order valence-corrected chi connectivity index (χ0v) is 16.9. The van der Waals surface area contributed by atoms with E-state index in [1.165, 1.54) is 0 Å². The summed E-state index contributed by atoms with van der Waals surface area (Å²) in [4.78, 5) is 12.6. The number of hydrogen-bond donors (Lipinski definition) is 1. The molecule has 0 aliphatic heterocycles. The van der Waals surface area contributed by atoms with Crippen molar-refractivity contribution in [2.24, 2.45) is 0 Å². The molecule has 0 aliphatic rings. The molecule has 0 bridgehead atoms. The Morgan fingerprint density at radius 3 is 2.31 bits per heavy atom. The van der Waals surface area contributed by atoms with Gasteiger partial charge in [0.15, 0.2) is 0 Å². The van der Waals surface area contributed by atoms with Gasteiger partial charge in [-0.3, -0.25) is 9.69 Å². The van der Waals surface area contributed by atoms with Crippen molar-refractivity contribution in [3.8, 4) is 5.75 Å². The van der Waals surface area contributed by atoms with Crippen molar-refractivity contribution in [3.63, 3.8) is 0 Å². The van der Waals surface area contributed by atoms with Crippen molar-refractivity contribution in [2.45, 2.75) is 26.0 Å². The lowest BCUT2D eigenvalue weighted by molar-refractivity contribution is -0.138. The number of nitrogens with zero attached hydrogens (tertiary/aromatic N) is 1. The van der Waals surface area contributed by atoms with Crippen LogP contribution in [0.3, 0.4) is 0 Å². The summed E-state index contributed by atoms with van der Waals surface area (Å²) in [6.07, 6.45) is 0.775. The number of benzene rings is 2. The van der Waals surface area contributed by atoms with Gasteiger partial charge >= 0.3 is 5.97 Å². The molecule has 1 atom stereocenters. The SMILES string of the molecule is C[C@H](Cc1ccc(OCc2ccc(Cl)c(Cl)c2)cc1)N(C)CC(=O)O.Cl. The molecule has 0 aliphatic carbocycles. The van der Waals surface area contributed by atoms with E-state index in [4.69, 9.17) is 33.0 Å². The molecule has 0 saturated heterocycles. The van der Waals surface area contributed by atoms with Gasteiger partial charge in [-0.15, -0.1) is 12.4 Å². The Hall–Kier alpha value is -1.46. The smallest absolute Gasteiger partial charge is 0.317 e. The highest BCUT2D eigenvalue weighted by molar-refractivity contribution is 6.42. The lowest BCUT2D eigenvalue weighted by Crippen LogP contribution is -2.35. The van der Waals surface area contributed by atoms with Gasteiger partial charge in [-0.2, -0.15) is 0 Å². The van der Waals surface area contributed by atoms with Crippen LogP contribution < -0.4 is 4.74 Å². The molecule has 0 amide bonds. The average Bonchev–Trinajstić information content (AvgIpc) is 2.56. The molecule has 1 N–H and O–H groups in total. The van der Waals surface area contributed by atoms with Gasteiger partial charge in [0, 0.05) is 6.04 Å². The summed E-state index contributed by atoms with van der Waals surface area (Å²) >= 11 is 11.9. The Morgan fingerprint density at radius 2 is 1.73 bits per heavy atom. The topological polar surface area (TPSA) is 49.8 Å². The normalized spacial score (nSPS) is 11.7. The quantitative estimate of drug-likeness (QED) is 0.659. The Bertz CT molecular complexity index is 722. The van der Waals surface area contributed by atoms with Crippen molar-refractivity contribution in [1.82, 2.24) is 4.90 Å². The molecule has 0 spiro atoms. The monoisotopic (exact) mass is 417 g/mol. The third-order valence-electron chi connectivity index (χ3n) is 3.98. The minimum Gasteiger partial charge on any atom is -0.489 e. The van der Waals surface area contributed by atoms with E-state index in [2.05, 4.69) is 0 Å². The van der Waals surface area contributed by atoms with Gasteiger partial charge in [-0.25, -0.2) is 0 Å². The van der Waals surface area contributed by atoms with E-state index in [0.29, 0.717) is 16.7 Å². The Morgan fingerprint density at radius 1 is 1.12 bits per heavy atom. The number of carboxylic acids is 1. The molecule has 26 heavy (non-hydrogen) atoms. The Labute approximate surface area is 170 Å². The van der Waals surface area contributed by atoms with Crippen LogP contribution in [0.2, 0.25) is 10.0 Å². The molecule has 0 heterocycles. The maximum Gasteiger partial charge on any atom is 0.317 e. The number of likely N-dealkylation sites (N-methyl/N-ethyl adjacent to an activating group) is 1. The molecule has 7 heteroatoms. The van der Waals surface area contributed by atoms with Crippen LogP contribution >= 0.6 is 35.6 Å². The maximum absolute atomic E-state index is 10.8. The van der Waals surface area contributed by atoms with Crippen molar-refractivity contribution >= 4 is 41.6 Å². The Balaban J connectivity index is 0.00000338. The molecule has 142 valence electrons. The first-order valence-corrected chi connectivity index (χ1v) is 8.68. The van der Waals surface area contributed by atoms with Gasteiger partial charge in [0.2, 0.25) is 0 Å². The molecule has 2 aromatic carbocycles. The lowest BCUT2D eigenvalue weighted by atomic mass is 10.1. The van der Waals surface area contributed by atoms with Crippen molar-refractivity contribution in [2.75, 3.05) is 13.6 Å². The second-order valence-corrected chi connectivity index (χ2v) is 6.86. The molecular formula is C19H22Cl3NO3. The zero-order valence-electron chi connectivity index (χ0n) is 14.6. The molecule has 0 saturated carbocycles. The highest BCUT2D eigenvalue weighted by atomic mass is 35.5. The fourth-order valence-corrected chi connectivity index (χ4v) is 2.70. The van der Waals surface area contributed by atoms with Crippen LogP contribution in [0.25, 0.3) is 0 Å². The zero-order chi connectivity index (χ0) is 18.4. The van der Waals surface area contributed by atoms with Gasteiger partial charge in [0.1, 0.15) is 12.4 Å². The number of aliphatic carboxylic acids is 1. The number of hydrogen-bond acceptors (Lipinski definition) is 3. The molecular weight excluding hydrogens is 397 g/mol. The van der Waals surface area contributed by atoms with E-state index in [-0.39, 0.29) is 25.0 Å². The highest BCUT2D eigenvalue weighted by Crippen LogP contribution is 2.23. The molecule has 0 radical (unpaired) electrons. The van der Waals surface area contributed by atoms with Crippen molar-refractivity contribution in [1.29, 1.82) is 0 Å². The molecule has 0 fully saturated rings. The summed E-state index contributed by atoms with van der Waals surface area (Å²) in [6.45, 7) is 2.46. The van der Waals surface area contributed by atoms with Gasteiger partial charge < -0.3 is 9.84 Å². The highest BCUT2D eigenvalue weighted by Gasteiger charge is 2.13. The number of rotatable bonds is 8. The summed E-state index contributed by atoms with van der Waals surface area (Å²) in [5.41, 5.74) is 2.08. The summed E-state index contributed by atoms with van der Waals surface area (Å²) in [5.74, 6) is -0.0539. The van der Waals surface area contributed by atoms with Gasteiger partial charge in [-0.1, -0.05) is 41.4 Å². The van der Waals surface area contributed by atoms with E-state index < -0.39 is 5.97 Å². The van der Waals surface area contributed by atoms with E-state index in [1.54, 1.807) is 12.1 Å². The third-order valence-corrected chi connectivity index (χ3v) is 4.72. The van der Waals surface area contributed by atoms with Gasteiger partial charge in [-0.05, 0) is 55.8 Å². The molecule has 2 rings (SSSR count). The fourth-order valence-electron chi connectivity index (χ4n) is 2.38. The van der Waals surface area contributed by atoms with Crippen LogP contribution in [0.4, 0.5) is 0 Å². The van der Waals surface area contributed by atoms with E-state index in [0.717, 1.165) is 23.3 Å². The van der Waals surface area contributed by atoms with E-state index in [1.807, 2.05) is 49.2 Å². The van der Waals surface area contributed by atoms with Gasteiger partial charge in [0.25, 0.3) is 0 Å². The minimum atomic E-state index is -0.819. The average molecular weight is 419 g/mol. The Kier molecular flexibility index (Phi) is 9.23. The summed E-state index contributed by atoms with van der Waals surface area (Å²) in [7, 11) is 1.81. The number of carboxylic acid groups (broad SMARTS) is 1. The minimum absolute atomic E-state index is 0. The molecule has 0 unspecified atom stereocenters. The summed E-state index contributed by atoms with van der Waals surface area (Å²) in [5, 5.41) is 9.88. The number of ether oxygens (including phenoxy) is 1. The third kappa shape index (κ3) is 7.04. The van der Waals surface area contributed by atoms with Crippen LogP contribution in [0, 0.1) is 0 Å². The lowest BCUT2D eigenvalue weighted by Gasteiger charge is -2.22. The number of carbonyl (C=O) groups is 1. The van der Waals surface area contributed by atoms with Crippen molar-refractivity contribution in [3.05, 3.63) is 63.6 Å². The van der Waals surface area contributed by atoms with Gasteiger partial charge in [0.05, 0.1) is 16.6 Å².